The van der Waals surface area contributed by atoms with Crippen LogP contribution in [0.25, 0.3) is 11.3 Å². The van der Waals surface area contributed by atoms with Crippen LogP contribution in [0.15, 0.2) is 24.4 Å². The summed E-state index contributed by atoms with van der Waals surface area (Å²) in [5.41, 5.74) is 7.22. The van der Waals surface area contributed by atoms with Gasteiger partial charge in [-0.1, -0.05) is 5.21 Å². The molecule has 88 valence electrons. The fourth-order valence-corrected chi connectivity index (χ4v) is 1.73. The fourth-order valence-electron chi connectivity index (χ4n) is 1.73. The van der Waals surface area contributed by atoms with E-state index >= 15 is 0 Å². The highest BCUT2D eigenvalue weighted by Crippen LogP contribution is 2.35. The third-order valence-electron chi connectivity index (χ3n) is 2.57. The Morgan fingerprint density at radius 3 is 3.06 bits per heavy atom. The SMILES string of the molecule is NCCn1cc(-c2ccc3c(c2)OCO3)nn1. The molecule has 0 spiro atoms. The van der Waals surface area contributed by atoms with E-state index in [1.165, 1.54) is 0 Å². The van der Waals surface area contributed by atoms with Crippen LogP contribution in [-0.2, 0) is 6.54 Å². The Hall–Kier alpha value is -2.08. The van der Waals surface area contributed by atoms with Gasteiger partial charge < -0.3 is 15.2 Å². The quantitative estimate of drug-likeness (QED) is 0.840. The smallest absolute Gasteiger partial charge is 0.231 e. The zero-order valence-electron chi connectivity index (χ0n) is 9.17. The molecule has 0 saturated heterocycles. The largest absolute Gasteiger partial charge is 0.454 e. The van der Waals surface area contributed by atoms with Gasteiger partial charge in [0.05, 0.1) is 12.7 Å². The zero-order chi connectivity index (χ0) is 11.7. The van der Waals surface area contributed by atoms with Gasteiger partial charge in [0, 0.05) is 12.1 Å². The molecule has 0 radical (unpaired) electrons. The van der Waals surface area contributed by atoms with Crippen LogP contribution in [0.2, 0.25) is 0 Å². The molecule has 1 aliphatic heterocycles. The van der Waals surface area contributed by atoms with Gasteiger partial charge in [-0.25, -0.2) is 0 Å². The Morgan fingerprint density at radius 1 is 1.29 bits per heavy atom. The molecular weight excluding hydrogens is 220 g/mol. The van der Waals surface area contributed by atoms with E-state index in [1.807, 2.05) is 24.4 Å². The van der Waals surface area contributed by atoms with Crippen LogP contribution in [0.1, 0.15) is 0 Å². The van der Waals surface area contributed by atoms with Crippen molar-refractivity contribution in [2.45, 2.75) is 6.54 Å². The predicted molar refractivity (Wildman–Crippen MR) is 60.6 cm³/mol. The van der Waals surface area contributed by atoms with Gasteiger partial charge in [-0.15, -0.1) is 5.10 Å². The lowest BCUT2D eigenvalue weighted by Gasteiger charge is -1.98. The summed E-state index contributed by atoms with van der Waals surface area (Å²) in [7, 11) is 0. The molecule has 17 heavy (non-hydrogen) atoms. The summed E-state index contributed by atoms with van der Waals surface area (Å²) < 4.78 is 12.3. The van der Waals surface area contributed by atoms with Crippen LogP contribution < -0.4 is 15.2 Å². The van der Waals surface area contributed by atoms with Crippen molar-refractivity contribution in [3.63, 3.8) is 0 Å². The molecule has 1 aromatic carbocycles. The van der Waals surface area contributed by atoms with Crippen molar-refractivity contribution in [3.05, 3.63) is 24.4 Å². The highest BCUT2D eigenvalue weighted by molar-refractivity contribution is 5.63. The molecule has 0 bridgehead atoms. The first-order valence-corrected chi connectivity index (χ1v) is 5.37. The van der Waals surface area contributed by atoms with Gasteiger partial charge in [0.25, 0.3) is 0 Å². The predicted octanol–water partition coefficient (Wildman–Crippen LogP) is 0.632. The summed E-state index contributed by atoms with van der Waals surface area (Å²) >= 11 is 0. The van der Waals surface area contributed by atoms with E-state index in [0.29, 0.717) is 13.1 Å². The topological polar surface area (TPSA) is 75.2 Å². The third kappa shape index (κ3) is 1.83. The second-order valence-electron chi connectivity index (χ2n) is 3.72. The highest BCUT2D eigenvalue weighted by Gasteiger charge is 2.14. The van der Waals surface area contributed by atoms with Gasteiger partial charge in [-0.2, -0.15) is 0 Å². The first-order valence-electron chi connectivity index (χ1n) is 5.37. The minimum absolute atomic E-state index is 0.276. The van der Waals surface area contributed by atoms with Crippen LogP contribution in [-0.4, -0.2) is 28.3 Å². The molecule has 0 fully saturated rings. The maximum Gasteiger partial charge on any atom is 0.231 e. The molecule has 3 rings (SSSR count). The minimum atomic E-state index is 0.276. The van der Waals surface area contributed by atoms with E-state index in [4.69, 9.17) is 15.2 Å². The van der Waals surface area contributed by atoms with E-state index in [9.17, 15) is 0 Å². The van der Waals surface area contributed by atoms with Gasteiger partial charge in [-0.3, -0.25) is 4.68 Å². The maximum atomic E-state index is 5.46. The Balaban J connectivity index is 1.92. The lowest BCUT2D eigenvalue weighted by molar-refractivity contribution is 0.174. The number of rotatable bonds is 3. The van der Waals surface area contributed by atoms with Crippen LogP contribution in [0.5, 0.6) is 11.5 Å². The number of hydrogen-bond donors (Lipinski definition) is 1. The van der Waals surface area contributed by atoms with E-state index in [2.05, 4.69) is 10.3 Å². The van der Waals surface area contributed by atoms with E-state index in [-0.39, 0.29) is 6.79 Å². The summed E-state index contributed by atoms with van der Waals surface area (Å²) in [4.78, 5) is 0. The highest BCUT2D eigenvalue weighted by atomic mass is 16.7. The first-order chi connectivity index (χ1) is 8.36. The molecule has 2 heterocycles. The molecular formula is C11H12N4O2. The summed E-state index contributed by atoms with van der Waals surface area (Å²) in [6.07, 6.45) is 1.87. The van der Waals surface area contributed by atoms with Crippen molar-refractivity contribution in [2.75, 3.05) is 13.3 Å². The van der Waals surface area contributed by atoms with Gasteiger partial charge in [-0.05, 0) is 18.2 Å². The number of nitrogens with zero attached hydrogens (tertiary/aromatic N) is 3. The van der Waals surface area contributed by atoms with E-state index < -0.39 is 0 Å². The van der Waals surface area contributed by atoms with E-state index in [0.717, 1.165) is 22.8 Å². The molecule has 0 amide bonds. The number of aromatic nitrogens is 3. The standard InChI is InChI=1S/C11H12N4O2/c12-3-4-15-6-9(13-14-15)8-1-2-10-11(5-8)17-7-16-10/h1-2,5-6H,3-4,7,12H2. The number of ether oxygens (including phenoxy) is 2. The fraction of sp³-hybridized carbons (Fsp3) is 0.273. The van der Waals surface area contributed by atoms with Gasteiger partial charge in [0.15, 0.2) is 11.5 Å². The van der Waals surface area contributed by atoms with Crippen molar-refractivity contribution in [3.8, 4) is 22.8 Å². The minimum Gasteiger partial charge on any atom is -0.454 e. The second kappa shape index (κ2) is 4.06. The van der Waals surface area contributed by atoms with Crippen molar-refractivity contribution >= 4 is 0 Å². The Morgan fingerprint density at radius 2 is 2.18 bits per heavy atom. The lowest BCUT2D eigenvalue weighted by Crippen LogP contribution is -2.10. The number of nitrogens with two attached hydrogens (primary N) is 1. The van der Waals surface area contributed by atoms with Gasteiger partial charge in [0.2, 0.25) is 6.79 Å². The molecule has 0 saturated carbocycles. The third-order valence-corrected chi connectivity index (χ3v) is 2.57. The van der Waals surface area contributed by atoms with Crippen molar-refractivity contribution in [2.24, 2.45) is 5.73 Å². The molecule has 1 aromatic heterocycles. The van der Waals surface area contributed by atoms with Crippen LogP contribution in [0, 0.1) is 0 Å². The Bertz CT molecular complexity index is 538. The summed E-state index contributed by atoms with van der Waals surface area (Å²) in [6.45, 7) is 1.49. The van der Waals surface area contributed by atoms with Crippen LogP contribution in [0.4, 0.5) is 0 Å². The van der Waals surface area contributed by atoms with Gasteiger partial charge in [0.1, 0.15) is 5.69 Å². The summed E-state index contributed by atoms with van der Waals surface area (Å²) in [6, 6.07) is 5.71. The molecule has 0 atom stereocenters. The molecule has 6 heteroatoms. The zero-order valence-corrected chi connectivity index (χ0v) is 9.17. The Labute approximate surface area is 97.9 Å². The number of benzene rings is 1. The number of fused-ring (bicyclic) bond motifs is 1. The van der Waals surface area contributed by atoms with Gasteiger partial charge >= 0.3 is 0 Å². The monoisotopic (exact) mass is 232 g/mol. The average Bonchev–Trinajstić information content (AvgIpc) is 2.96. The molecule has 2 aromatic rings. The molecule has 6 nitrogen and oxygen atoms in total. The van der Waals surface area contributed by atoms with Crippen molar-refractivity contribution in [1.82, 2.24) is 15.0 Å². The van der Waals surface area contributed by atoms with Crippen LogP contribution in [0.3, 0.4) is 0 Å². The molecule has 0 unspecified atom stereocenters. The summed E-state index contributed by atoms with van der Waals surface area (Å²) in [5.74, 6) is 1.51. The normalized spacial score (nSPS) is 13.0. The molecule has 2 N–H and O–H groups in total. The second-order valence-corrected chi connectivity index (χ2v) is 3.72. The summed E-state index contributed by atoms with van der Waals surface area (Å²) in [5, 5.41) is 8.08. The van der Waals surface area contributed by atoms with E-state index in [1.54, 1.807) is 4.68 Å². The Kier molecular flexibility index (Phi) is 2.41. The molecule has 0 aliphatic carbocycles. The lowest BCUT2D eigenvalue weighted by atomic mass is 10.1. The number of hydrogen-bond acceptors (Lipinski definition) is 5. The van der Waals surface area contributed by atoms with Crippen molar-refractivity contribution in [1.29, 1.82) is 0 Å². The van der Waals surface area contributed by atoms with Crippen LogP contribution >= 0.6 is 0 Å². The average molecular weight is 232 g/mol. The maximum absolute atomic E-state index is 5.46. The first kappa shape index (κ1) is 10.1. The van der Waals surface area contributed by atoms with Crippen molar-refractivity contribution < 1.29 is 9.47 Å². The molecule has 1 aliphatic rings.